The Morgan fingerprint density at radius 1 is 1.15 bits per heavy atom. The lowest BCUT2D eigenvalue weighted by Crippen LogP contribution is -2.33. The third kappa shape index (κ3) is 3.31. The molecule has 0 bridgehead atoms. The van der Waals surface area contributed by atoms with Crippen LogP contribution in [0.4, 0.5) is 0 Å². The van der Waals surface area contributed by atoms with Gasteiger partial charge in [0.15, 0.2) is 5.69 Å². The summed E-state index contributed by atoms with van der Waals surface area (Å²) in [4.78, 5) is 14.8. The van der Waals surface area contributed by atoms with Gasteiger partial charge in [0, 0.05) is 13.1 Å². The molecule has 1 unspecified atom stereocenters. The van der Waals surface area contributed by atoms with Crippen LogP contribution >= 0.6 is 0 Å². The SMILES string of the molecule is COc1ccc(C2Cn3nnc(C(=O)N4CCCCCC4)c3CO2)cc1. The molecule has 138 valence electrons. The maximum absolute atomic E-state index is 12.8. The molecule has 0 radical (unpaired) electrons. The van der Waals surface area contributed by atoms with Gasteiger partial charge in [0.05, 0.1) is 26.0 Å². The molecule has 1 amide bonds. The largest absolute Gasteiger partial charge is 0.497 e. The van der Waals surface area contributed by atoms with Crippen LogP contribution in [0.15, 0.2) is 24.3 Å². The van der Waals surface area contributed by atoms with Crippen molar-refractivity contribution in [2.75, 3.05) is 20.2 Å². The van der Waals surface area contributed by atoms with Gasteiger partial charge in [-0.25, -0.2) is 4.68 Å². The Labute approximate surface area is 152 Å². The van der Waals surface area contributed by atoms with Crippen molar-refractivity contribution in [1.82, 2.24) is 19.9 Å². The normalized spacial score (nSPS) is 20.3. The lowest BCUT2D eigenvalue weighted by molar-refractivity contribution is -0.00196. The molecule has 1 aromatic heterocycles. The van der Waals surface area contributed by atoms with Crippen molar-refractivity contribution in [3.63, 3.8) is 0 Å². The number of nitrogens with zero attached hydrogens (tertiary/aromatic N) is 4. The molecule has 1 fully saturated rings. The number of aromatic nitrogens is 3. The Morgan fingerprint density at radius 2 is 1.88 bits per heavy atom. The summed E-state index contributed by atoms with van der Waals surface area (Å²) in [5.74, 6) is 0.802. The third-order valence-corrected chi connectivity index (χ3v) is 5.18. The third-order valence-electron chi connectivity index (χ3n) is 5.18. The number of hydrogen-bond acceptors (Lipinski definition) is 5. The van der Waals surface area contributed by atoms with Crippen molar-refractivity contribution in [3.8, 4) is 5.75 Å². The summed E-state index contributed by atoms with van der Waals surface area (Å²) in [5.41, 5.74) is 2.29. The summed E-state index contributed by atoms with van der Waals surface area (Å²) in [7, 11) is 1.65. The van der Waals surface area contributed by atoms with Gasteiger partial charge < -0.3 is 14.4 Å². The molecule has 0 N–H and O–H groups in total. The Kier molecular flexibility index (Phi) is 4.88. The zero-order valence-electron chi connectivity index (χ0n) is 15.1. The van der Waals surface area contributed by atoms with Crippen LogP contribution in [0, 0.1) is 0 Å². The van der Waals surface area contributed by atoms with Crippen molar-refractivity contribution >= 4 is 5.91 Å². The van der Waals surface area contributed by atoms with E-state index in [1.165, 1.54) is 12.8 Å². The van der Waals surface area contributed by atoms with E-state index in [0.29, 0.717) is 18.8 Å². The number of likely N-dealkylation sites (tertiary alicyclic amines) is 1. The molecule has 7 heteroatoms. The van der Waals surface area contributed by atoms with Gasteiger partial charge in [0.1, 0.15) is 11.9 Å². The van der Waals surface area contributed by atoms with Crippen LogP contribution in [0.2, 0.25) is 0 Å². The zero-order chi connectivity index (χ0) is 17.9. The van der Waals surface area contributed by atoms with E-state index in [1.54, 1.807) is 7.11 Å². The summed E-state index contributed by atoms with van der Waals surface area (Å²) < 4.78 is 13.0. The maximum Gasteiger partial charge on any atom is 0.276 e. The number of carbonyl (C=O) groups excluding carboxylic acids is 1. The van der Waals surface area contributed by atoms with Crippen LogP contribution in [0.25, 0.3) is 0 Å². The van der Waals surface area contributed by atoms with Gasteiger partial charge in [0.25, 0.3) is 5.91 Å². The number of benzene rings is 1. The van der Waals surface area contributed by atoms with Crippen molar-refractivity contribution < 1.29 is 14.3 Å². The van der Waals surface area contributed by atoms with Gasteiger partial charge in [-0.1, -0.05) is 30.2 Å². The van der Waals surface area contributed by atoms with Gasteiger partial charge in [-0.2, -0.15) is 0 Å². The van der Waals surface area contributed by atoms with Crippen LogP contribution in [-0.4, -0.2) is 46.0 Å². The van der Waals surface area contributed by atoms with Gasteiger partial charge in [-0.05, 0) is 30.5 Å². The summed E-state index contributed by atoms with van der Waals surface area (Å²) in [6, 6.07) is 7.83. The predicted molar refractivity (Wildman–Crippen MR) is 94.9 cm³/mol. The molecule has 0 saturated carbocycles. The first-order valence-corrected chi connectivity index (χ1v) is 9.23. The average Bonchev–Trinajstić information content (AvgIpc) is 2.92. The van der Waals surface area contributed by atoms with E-state index in [0.717, 1.165) is 42.9 Å². The summed E-state index contributed by atoms with van der Waals surface area (Å²) in [6.45, 7) is 2.52. The highest BCUT2D eigenvalue weighted by molar-refractivity contribution is 5.93. The first-order chi connectivity index (χ1) is 12.8. The van der Waals surface area contributed by atoms with Crippen molar-refractivity contribution in [2.45, 2.75) is 44.9 Å². The molecule has 2 aromatic rings. The Morgan fingerprint density at radius 3 is 2.58 bits per heavy atom. The highest BCUT2D eigenvalue weighted by Crippen LogP contribution is 2.28. The zero-order valence-corrected chi connectivity index (χ0v) is 15.1. The number of carbonyl (C=O) groups is 1. The van der Waals surface area contributed by atoms with Crippen LogP contribution in [0.3, 0.4) is 0 Å². The van der Waals surface area contributed by atoms with Crippen LogP contribution in [-0.2, 0) is 17.9 Å². The smallest absolute Gasteiger partial charge is 0.276 e. The van der Waals surface area contributed by atoms with Crippen LogP contribution in [0.5, 0.6) is 5.75 Å². The number of methoxy groups -OCH3 is 1. The lowest BCUT2D eigenvalue weighted by atomic mass is 10.1. The minimum absolute atomic E-state index is 0.0142. The number of rotatable bonds is 3. The lowest BCUT2D eigenvalue weighted by Gasteiger charge is -2.25. The molecule has 1 saturated heterocycles. The van der Waals surface area contributed by atoms with Crippen LogP contribution < -0.4 is 4.74 Å². The van der Waals surface area contributed by atoms with E-state index in [4.69, 9.17) is 9.47 Å². The van der Waals surface area contributed by atoms with E-state index in [2.05, 4.69) is 10.3 Å². The minimum Gasteiger partial charge on any atom is -0.497 e. The molecule has 0 aliphatic carbocycles. The van der Waals surface area contributed by atoms with Crippen molar-refractivity contribution in [3.05, 3.63) is 41.2 Å². The second-order valence-corrected chi connectivity index (χ2v) is 6.85. The van der Waals surface area contributed by atoms with E-state index >= 15 is 0 Å². The molecule has 1 aromatic carbocycles. The number of ether oxygens (including phenoxy) is 2. The molecule has 26 heavy (non-hydrogen) atoms. The predicted octanol–water partition coefficient (Wildman–Crippen LogP) is 2.57. The fourth-order valence-electron chi connectivity index (χ4n) is 3.62. The molecule has 0 spiro atoms. The fourth-order valence-corrected chi connectivity index (χ4v) is 3.62. The second kappa shape index (κ2) is 7.45. The molecule has 3 heterocycles. The quantitative estimate of drug-likeness (QED) is 0.845. The topological polar surface area (TPSA) is 69.5 Å². The molecular weight excluding hydrogens is 332 g/mol. The van der Waals surface area contributed by atoms with E-state index in [1.807, 2.05) is 33.8 Å². The highest BCUT2D eigenvalue weighted by Gasteiger charge is 2.30. The number of amides is 1. The van der Waals surface area contributed by atoms with Gasteiger partial charge in [0.2, 0.25) is 0 Å². The average molecular weight is 356 g/mol. The van der Waals surface area contributed by atoms with Crippen LogP contribution in [0.1, 0.15) is 53.5 Å². The molecular formula is C19H24N4O3. The van der Waals surface area contributed by atoms with Gasteiger partial charge in [-0.15, -0.1) is 5.10 Å². The molecule has 7 nitrogen and oxygen atoms in total. The van der Waals surface area contributed by atoms with Gasteiger partial charge in [-0.3, -0.25) is 4.79 Å². The molecule has 2 aliphatic heterocycles. The molecule has 2 aliphatic rings. The molecule has 4 rings (SSSR count). The van der Waals surface area contributed by atoms with Gasteiger partial charge >= 0.3 is 0 Å². The summed E-state index contributed by atoms with van der Waals surface area (Å²) in [6.07, 6.45) is 4.40. The number of hydrogen-bond donors (Lipinski definition) is 0. The summed E-state index contributed by atoms with van der Waals surface area (Å²) in [5, 5.41) is 8.40. The second-order valence-electron chi connectivity index (χ2n) is 6.85. The minimum atomic E-state index is -0.101. The monoisotopic (exact) mass is 356 g/mol. The maximum atomic E-state index is 12.8. The Balaban J connectivity index is 1.50. The Bertz CT molecular complexity index is 764. The van der Waals surface area contributed by atoms with E-state index in [9.17, 15) is 4.79 Å². The summed E-state index contributed by atoms with van der Waals surface area (Å²) >= 11 is 0. The van der Waals surface area contributed by atoms with E-state index in [-0.39, 0.29) is 12.0 Å². The van der Waals surface area contributed by atoms with Crippen molar-refractivity contribution in [2.24, 2.45) is 0 Å². The first-order valence-electron chi connectivity index (χ1n) is 9.23. The first kappa shape index (κ1) is 17.0. The highest BCUT2D eigenvalue weighted by atomic mass is 16.5. The molecule has 1 atom stereocenters. The van der Waals surface area contributed by atoms with E-state index < -0.39 is 0 Å². The number of fused-ring (bicyclic) bond motifs is 1. The van der Waals surface area contributed by atoms with Crippen molar-refractivity contribution in [1.29, 1.82) is 0 Å². The Hall–Kier alpha value is -2.41. The fraction of sp³-hybridized carbons (Fsp3) is 0.526. The standard InChI is InChI=1S/C19H24N4O3/c1-25-15-8-6-14(7-9-15)17-12-23-16(13-26-17)18(20-21-23)19(24)22-10-4-2-3-5-11-22/h6-9,17H,2-5,10-13H2,1H3.